The van der Waals surface area contributed by atoms with Crippen LogP contribution in [0.1, 0.15) is 11.7 Å². The zero-order chi connectivity index (χ0) is 11.0. The average Bonchev–Trinajstić information content (AvgIpc) is 2.55. The van der Waals surface area contributed by atoms with Crippen molar-refractivity contribution in [1.82, 2.24) is 9.88 Å². The Morgan fingerprint density at radius 3 is 2.87 bits per heavy atom. The van der Waals surface area contributed by atoms with Gasteiger partial charge in [-0.2, -0.15) is 0 Å². The molecule has 0 saturated heterocycles. The third kappa shape index (κ3) is 1.79. The summed E-state index contributed by atoms with van der Waals surface area (Å²) >= 11 is 0. The Bertz CT molecular complexity index is 527. The van der Waals surface area contributed by atoms with Crippen molar-refractivity contribution in [2.75, 3.05) is 14.1 Å². The molecule has 1 aromatic heterocycles. The van der Waals surface area contributed by atoms with Gasteiger partial charge in [0, 0.05) is 0 Å². The molecule has 1 atom stereocenters. The third-order valence-electron chi connectivity index (χ3n) is 2.34. The first-order valence-corrected chi connectivity index (χ1v) is 4.63. The van der Waals surface area contributed by atoms with Crippen molar-refractivity contribution < 1.29 is 4.42 Å². The molecule has 0 amide bonds. The second kappa shape index (κ2) is 3.52. The van der Waals surface area contributed by atoms with Crippen molar-refractivity contribution in [2.45, 2.75) is 6.17 Å². The van der Waals surface area contributed by atoms with Gasteiger partial charge in [-0.15, -0.1) is 0 Å². The lowest BCUT2D eigenvalue weighted by Crippen LogP contribution is -2.27. The number of rotatable bonds is 2. The molecule has 0 aliphatic heterocycles. The van der Waals surface area contributed by atoms with E-state index in [1.807, 2.05) is 25.1 Å². The molecule has 1 heterocycles. The van der Waals surface area contributed by atoms with E-state index in [1.165, 1.54) is 0 Å². The van der Waals surface area contributed by atoms with Gasteiger partial charge < -0.3 is 10.2 Å². The van der Waals surface area contributed by atoms with Crippen LogP contribution < -0.4 is 11.5 Å². The quantitative estimate of drug-likeness (QED) is 0.708. The Kier molecular flexibility index (Phi) is 2.34. The molecule has 0 aliphatic rings. The Hall–Kier alpha value is -1.59. The topological polar surface area (TPSA) is 75.3 Å². The molecule has 1 aromatic carbocycles. The summed E-state index contributed by atoms with van der Waals surface area (Å²) < 4.78 is 4.95. The molecule has 80 valence electrons. The van der Waals surface area contributed by atoms with Gasteiger partial charge in [0.15, 0.2) is 5.58 Å². The van der Waals surface area contributed by atoms with E-state index in [2.05, 4.69) is 4.98 Å². The van der Waals surface area contributed by atoms with Crippen molar-refractivity contribution in [3.05, 3.63) is 34.3 Å². The summed E-state index contributed by atoms with van der Waals surface area (Å²) in [5.74, 6) is -0.444. The van der Waals surface area contributed by atoms with Crippen molar-refractivity contribution in [3.63, 3.8) is 0 Å². The predicted octanol–water partition coefficient (Wildman–Crippen LogP) is 0.640. The SMILES string of the molecule is CN(C)C(N)c1ccc2[nH]c(=O)oc2c1. The number of H-pyrrole nitrogens is 1. The molecule has 2 rings (SSSR count). The molecule has 1 unspecified atom stereocenters. The fourth-order valence-corrected chi connectivity index (χ4v) is 1.44. The van der Waals surface area contributed by atoms with E-state index in [1.54, 1.807) is 12.1 Å². The Morgan fingerprint density at radius 1 is 1.47 bits per heavy atom. The van der Waals surface area contributed by atoms with E-state index >= 15 is 0 Å². The number of hydrogen-bond acceptors (Lipinski definition) is 4. The second-order valence-corrected chi connectivity index (χ2v) is 3.68. The first-order chi connectivity index (χ1) is 7.08. The number of aromatic amines is 1. The number of hydrogen-bond donors (Lipinski definition) is 2. The maximum atomic E-state index is 10.9. The van der Waals surface area contributed by atoms with Gasteiger partial charge in [-0.3, -0.25) is 9.88 Å². The lowest BCUT2D eigenvalue weighted by Gasteiger charge is -2.19. The van der Waals surface area contributed by atoms with E-state index in [-0.39, 0.29) is 6.17 Å². The van der Waals surface area contributed by atoms with Gasteiger partial charge in [0.2, 0.25) is 0 Å². The monoisotopic (exact) mass is 207 g/mol. The summed E-state index contributed by atoms with van der Waals surface area (Å²) in [6, 6.07) is 5.44. The maximum absolute atomic E-state index is 10.9. The zero-order valence-electron chi connectivity index (χ0n) is 8.65. The Labute approximate surface area is 86.5 Å². The van der Waals surface area contributed by atoms with Crippen LogP contribution in [0.4, 0.5) is 0 Å². The molecule has 0 bridgehead atoms. The van der Waals surface area contributed by atoms with Crippen molar-refractivity contribution in [2.24, 2.45) is 5.73 Å². The minimum atomic E-state index is -0.444. The molecule has 5 nitrogen and oxygen atoms in total. The number of nitrogens with one attached hydrogen (secondary N) is 1. The highest BCUT2D eigenvalue weighted by atomic mass is 16.4. The van der Waals surface area contributed by atoms with Gasteiger partial charge in [0.1, 0.15) is 0 Å². The molecule has 15 heavy (non-hydrogen) atoms. The summed E-state index contributed by atoms with van der Waals surface area (Å²) in [4.78, 5) is 15.4. The van der Waals surface area contributed by atoms with Crippen molar-refractivity contribution >= 4 is 11.1 Å². The van der Waals surface area contributed by atoms with Crippen LogP contribution in [0.15, 0.2) is 27.4 Å². The Balaban J connectivity index is 2.50. The van der Waals surface area contributed by atoms with Crippen LogP contribution in [-0.2, 0) is 0 Å². The normalized spacial score (nSPS) is 13.6. The van der Waals surface area contributed by atoms with Crippen LogP contribution in [0.25, 0.3) is 11.1 Å². The number of nitrogens with two attached hydrogens (primary N) is 1. The average molecular weight is 207 g/mol. The van der Waals surface area contributed by atoms with Crippen LogP contribution in [0.5, 0.6) is 0 Å². The van der Waals surface area contributed by atoms with E-state index < -0.39 is 5.76 Å². The molecular weight excluding hydrogens is 194 g/mol. The molecule has 0 fully saturated rings. The first kappa shape index (κ1) is 9.95. The third-order valence-corrected chi connectivity index (χ3v) is 2.34. The summed E-state index contributed by atoms with van der Waals surface area (Å²) in [6.45, 7) is 0. The van der Waals surface area contributed by atoms with Gasteiger partial charge in [0.25, 0.3) is 0 Å². The summed E-state index contributed by atoms with van der Waals surface area (Å²) in [5, 5.41) is 0. The van der Waals surface area contributed by atoms with Gasteiger partial charge in [-0.25, -0.2) is 4.79 Å². The van der Waals surface area contributed by atoms with Crippen LogP contribution in [0, 0.1) is 0 Å². The van der Waals surface area contributed by atoms with E-state index in [9.17, 15) is 4.79 Å². The number of fused-ring (bicyclic) bond motifs is 1. The molecular formula is C10H13N3O2. The molecule has 0 spiro atoms. The van der Waals surface area contributed by atoms with Gasteiger partial charge in [0.05, 0.1) is 11.7 Å². The fourth-order valence-electron chi connectivity index (χ4n) is 1.44. The maximum Gasteiger partial charge on any atom is 0.417 e. The lowest BCUT2D eigenvalue weighted by atomic mass is 10.1. The number of aromatic nitrogens is 1. The summed E-state index contributed by atoms with van der Waals surface area (Å²) in [6.07, 6.45) is -0.199. The van der Waals surface area contributed by atoms with Crippen LogP contribution in [0.2, 0.25) is 0 Å². The van der Waals surface area contributed by atoms with Crippen molar-refractivity contribution in [1.29, 1.82) is 0 Å². The number of benzene rings is 1. The van der Waals surface area contributed by atoms with Gasteiger partial charge in [-0.05, 0) is 31.8 Å². The molecule has 3 N–H and O–H groups in total. The lowest BCUT2D eigenvalue weighted by molar-refractivity contribution is 0.307. The van der Waals surface area contributed by atoms with Crippen LogP contribution >= 0.6 is 0 Å². The minimum absolute atomic E-state index is 0.199. The van der Waals surface area contributed by atoms with E-state index in [4.69, 9.17) is 10.2 Å². The first-order valence-electron chi connectivity index (χ1n) is 4.63. The second-order valence-electron chi connectivity index (χ2n) is 3.68. The minimum Gasteiger partial charge on any atom is -0.408 e. The summed E-state index contributed by atoms with van der Waals surface area (Å²) in [5.41, 5.74) is 8.07. The van der Waals surface area contributed by atoms with Crippen molar-refractivity contribution in [3.8, 4) is 0 Å². The highest BCUT2D eigenvalue weighted by molar-refractivity contribution is 5.72. The highest BCUT2D eigenvalue weighted by Gasteiger charge is 2.10. The largest absolute Gasteiger partial charge is 0.417 e. The predicted molar refractivity (Wildman–Crippen MR) is 57.5 cm³/mol. The summed E-state index contributed by atoms with van der Waals surface area (Å²) in [7, 11) is 3.78. The molecule has 0 aliphatic carbocycles. The van der Waals surface area contributed by atoms with Crippen LogP contribution in [0.3, 0.4) is 0 Å². The number of oxazole rings is 1. The Morgan fingerprint density at radius 2 is 2.20 bits per heavy atom. The van der Waals surface area contributed by atoms with E-state index in [0.29, 0.717) is 11.1 Å². The van der Waals surface area contributed by atoms with E-state index in [0.717, 1.165) is 5.56 Å². The zero-order valence-corrected chi connectivity index (χ0v) is 8.65. The smallest absolute Gasteiger partial charge is 0.408 e. The number of nitrogens with zero attached hydrogens (tertiary/aromatic N) is 1. The van der Waals surface area contributed by atoms with Gasteiger partial charge in [-0.1, -0.05) is 6.07 Å². The molecule has 2 aromatic rings. The van der Waals surface area contributed by atoms with Crippen LogP contribution in [-0.4, -0.2) is 24.0 Å². The fraction of sp³-hybridized carbons (Fsp3) is 0.300. The van der Waals surface area contributed by atoms with Gasteiger partial charge >= 0.3 is 5.76 Å². The molecule has 0 radical (unpaired) electrons. The standard InChI is InChI=1S/C10H13N3O2/c1-13(2)9(11)6-3-4-7-8(5-6)15-10(14)12-7/h3-5,9H,11H2,1-2H3,(H,12,14). The molecule has 0 saturated carbocycles. The highest BCUT2D eigenvalue weighted by Crippen LogP contribution is 2.17. The molecule has 5 heteroatoms.